The Labute approximate surface area is 219 Å². The molecule has 0 aliphatic heterocycles. The van der Waals surface area contributed by atoms with Gasteiger partial charge in [-0.15, -0.1) is 0 Å². The molecule has 0 saturated heterocycles. The Hall–Kier alpha value is -3.83. The number of carbonyl (C=O) groups excluding carboxylic acids is 1. The van der Waals surface area contributed by atoms with Crippen molar-refractivity contribution >= 4 is 45.8 Å². The molecule has 0 radical (unpaired) electrons. The van der Waals surface area contributed by atoms with Gasteiger partial charge in [-0.1, -0.05) is 29.3 Å². The number of aryl methyl sites for hydroxylation is 2. The van der Waals surface area contributed by atoms with Crippen LogP contribution in [0.3, 0.4) is 0 Å². The molecule has 5 rings (SSSR count). The minimum Gasteiger partial charge on any atom is -0.322 e. The Bertz CT molecular complexity index is 1620. The van der Waals surface area contributed by atoms with E-state index in [1.165, 1.54) is 16.9 Å². The molecule has 4 heterocycles. The molecule has 1 amide bonds. The zero-order valence-corrected chi connectivity index (χ0v) is 21.2. The van der Waals surface area contributed by atoms with Gasteiger partial charge in [-0.05, 0) is 30.7 Å². The number of hydrogen-bond donors (Lipinski definition) is 1. The molecule has 0 aliphatic rings. The van der Waals surface area contributed by atoms with Crippen LogP contribution < -0.4 is 5.32 Å². The molecule has 0 spiro atoms. The molecule has 4 aromatic heterocycles. The van der Waals surface area contributed by atoms with Crippen LogP contribution in [0.25, 0.3) is 22.3 Å². The monoisotopic (exact) mass is 544 g/mol. The number of fused-ring (bicyclic) bond motifs is 1. The van der Waals surface area contributed by atoms with Crippen LogP contribution in [0.2, 0.25) is 10.0 Å². The Kier molecular flexibility index (Phi) is 6.65. The summed E-state index contributed by atoms with van der Waals surface area (Å²) in [7, 11) is 1.72. The molecule has 5 aromatic rings. The fraction of sp³-hybridized carbons (Fsp3) is 0.208. The number of nitrogens with zero attached hydrogens (tertiary/aromatic N) is 7. The summed E-state index contributed by atoms with van der Waals surface area (Å²) in [4.78, 5) is 17.4. The SMILES string of the molecule is Cc1nn(CC(=O)Nc2cnn(Cc3ccc(Cl)c(Cl)c3)c2)c2nc(-c3cnn(C)c3)cc(C(F)F)c12. The summed E-state index contributed by atoms with van der Waals surface area (Å²) in [5.41, 5.74) is 2.61. The first-order chi connectivity index (χ1) is 17.7. The molecule has 0 saturated carbocycles. The number of aromatic nitrogens is 7. The maximum absolute atomic E-state index is 13.9. The number of amides is 1. The predicted molar refractivity (Wildman–Crippen MR) is 136 cm³/mol. The second-order valence-corrected chi connectivity index (χ2v) is 9.28. The first-order valence-corrected chi connectivity index (χ1v) is 11.8. The van der Waals surface area contributed by atoms with Gasteiger partial charge < -0.3 is 5.32 Å². The van der Waals surface area contributed by atoms with Crippen LogP contribution in [-0.4, -0.2) is 40.2 Å². The van der Waals surface area contributed by atoms with Gasteiger partial charge in [-0.25, -0.2) is 18.4 Å². The summed E-state index contributed by atoms with van der Waals surface area (Å²) in [5, 5.41) is 16.6. The molecule has 0 bridgehead atoms. The number of halogens is 4. The van der Waals surface area contributed by atoms with Crippen LogP contribution in [0.5, 0.6) is 0 Å². The van der Waals surface area contributed by atoms with Gasteiger partial charge in [0.25, 0.3) is 6.43 Å². The first-order valence-electron chi connectivity index (χ1n) is 11.1. The smallest absolute Gasteiger partial charge is 0.264 e. The molecule has 190 valence electrons. The molecular formula is C24H20Cl2F2N8O. The lowest BCUT2D eigenvalue weighted by atomic mass is 10.1. The van der Waals surface area contributed by atoms with Crippen LogP contribution in [0.15, 0.2) is 49.1 Å². The number of pyridine rings is 1. The lowest BCUT2D eigenvalue weighted by Crippen LogP contribution is -2.19. The number of anilines is 1. The van der Waals surface area contributed by atoms with E-state index >= 15 is 0 Å². The van der Waals surface area contributed by atoms with E-state index in [1.54, 1.807) is 54.1 Å². The number of nitrogens with one attached hydrogen (secondary N) is 1. The van der Waals surface area contributed by atoms with Crippen LogP contribution in [0, 0.1) is 6.92 Å². The molecule has 1 aromatic carbocycles. The van der Waals surface area contributed by atoms with Gasteiger partial charge in [-0.2, -0.15) is 15.3 Å². The fourth-order valence-electron chi connectivity index (χ4n) is 4.05. The van der Waals surface area contributed by atoms with Crippen molar-refractivity contribution in [3.63, 3.8) is 0 Å². The second kappa shape index (κ2) is 9.91. The molecule has 9 nitrogen and oxygen atoms in total. The van der Waals surface area contributed by atoms with Crippen molar-refractivity contribution in [2.24, 2.45) is 7.05 Å². The lowest BCUT2D eigenvalue weighted by Gasteiger charge is -2.08. The van der Waals surface area contributed by atoms with E-state index in [0.717, 1.165) is 5.56 Å². The lowest BCUT2D eigenvalue weighted by molar-refractivity contribution is -0.116. The Morgan fingerprint density at radius 3 is 2.62 bits per heavy atom. The van der Waals surface area contributed by atoms with Crippen molar-refractivity contribution in [2.75, 3.05) is 5.32 Å². The normalized spacial score (nSPS) is 11.5. The summed E-state index contributed by atoms with van der Waals surface area (Å²) < 4.78 is 32.4. The van der Waals surface area contributed by atoms with E-state index in [-0.39, 0.29) is 23.1 Å². The largest absolute Gasteiger partial charge is 0.322 e. The number of alkyl halides is 2. The fourth-order valence-corrected chi connectivity index (χ4v) is 4.37. The van der Waals surface area contributed by atoms with E-state index in [0.29, 0.717) is 39.2 Å². The highest BCUT2D eigenvalue weighted by molar-refractivity contribution is 6.42. The highest BCUT2D eigenvalue weighted by Crippen LogP contribution is 2.33. The molecule has 0 atom stereocenters. The van der Waals surface area contributed by atoms with Crippen molar-refractivity contribution in [1.29, 1.82) is 0 Å². The summed E-state index contributed by atoms with van der Waals surface area (Å²) in [6, 6.07) is 6.62. The highest BCUT2D eigenvalue weighted by Gasteiger charge is 2.22. The predicted octanol–water partition coefficient (Wildman–Crippen LogP) is 5.27. The average Bonchev–Trinajstić information content (AvgIpc) is 3.55. The van der Waals surface area contributed by atoms with E-state index < -0.39 is 12.3 Å². The van der Waals surface area contributed by atoms with Gasteiger partial charge in [0.1, 0.15) is 6.54 Å². The van der Waals surface area contributed by atoms with Gasteiger partial charge in [-0.3, -0.25) is 14.2 Å². The van der Waals surface area contributed by atoms with Crippen molar-refractivity contribution in [1.82, 2.24) is 34.3 Å². The van der Waals surface area contributed by atoms with Crippen LogP contribution in [0.4, 0.5) is 14.5 Å². The third-order valence-corrected chi connectivity index (χ3v) is 6.42. The third kappa shape index (κ3) is 5.18. The number of benzene rings is 1. The van der Waals surface area contributed by atoms with Gasteiger partial charge >= 0.3 is 0 Å². The topological polar surface area (TPSA) is 95.5 Å². The summed E-state index contributed by atoms with van der Waals surface area (Å²) >= 11 is 12.0. The molecule has 0 unspecified atom stereocenters. The summed E-state index contributed by atoms with van der Waals surface area (Å²) in [6.07, 6.45) is 3.65. The Balaban J connectivity index is 1.37. The summed E-state index contributed by atoms with van der Waals surface area (Å²) in [5.74, 6) is -0.411. The average molecular weight is 545 g/mol. The first kappa shape index (κ1) is 24.8. The van der Waals surface area contributed by atoms with Crippen molar-refractivity contribution < 1.29 is 13.6 Å². The molecule has 1 N–H and O–H groups in total. The molecular weight excluding hydrogens is 525 g/mol. The molecule has 0 fully saturated rings. The molecule has 0 aliphatic carbocycles. The number of carbonyl (C=O) groups is 1. The van der Waals surface area contributed by atoms with E-state index in [4.69, 9.17) is 23.2 Å². The Morgan fingerprint density at radius 1 is 1.11 bits per heavy atom. The highest BCUT2D eigenvalue weighted by atomic mass is 35.5. The zero-order chi connectivity index (χ0) is 26.3. The number of rotatable bonds is 7. The van der Waals surface area contributed by atoms with Gasteiger partial charge in [0.2, 0.25) is 5.91 Å². The van der Waals surface area contributed by atoms with E-state index in [9.17, 15) is 13.6 Å². The minimum absolute atomic E-state index is 0.194. The van der Waals surface area contributed by atoms with Crippen LogP contribution in [-0.2, 0) is 24.9 Å². The third-order valence-electron chi connectivity index (χ3n) is 5.68. The van der Waals surface area contributed by atoms with Crippen molar-refractivity contribution in [3.05, 3.63) is 75.9 Å². The van der Waals surface area contributed by atoms with Gasteiger partial charge in [0, 0.05) is 30.6 Å². The molecule has 37 heavy (non-hydrogen) atoms. The molecule has 13 heteroatoms. The van der Waals surface area contributed by atoms with Gasteiger partial charge in [0.15, 0.2) is 5.65 Å². The Morgan fingerprint density at radius 2 is 1.92 bits per heavy atom. The van der Waals surface area contributed by atoms with Crippen molar-refractivity contribution in [3.8, 4) is 11.3 Å². The van der Waals surface area contributed by atoms with Crippen molar-refractivity contribution in [2.45, 2.75) is 26.4 Å². The zero-order valence-electron chi connectivity index (χ0n) is 19.7. The van der Waals surface area contributed by atoms with E-state index in [2.05, 4.69) is 25.6 Å². The van der Waals surface area contributed by atoms with Crippen LogP contribution >= 0.6 is 23.2 Å². The second-order valence-electron chi connectivity index (χ2n) is 8.46. The van der Waals surface area contributed by atoms with Crippen LogP contribution in [0.1, 0.15) is 23.2 Å². The maximum Gasteiger partial charge on any atom is 0.264 e. The summed E-state index contributed by atoms with van der Waals surface area (Å²) in [6.45, 7) is 1.81. The van der Waals surface area contributed by atoms with Gasteiger partial charge in [0.05, 0.1) is 51.4 Å². The maximum atomic E-state index is 13.9. The minimum atomic E-state index is -2.74. The number of hydrogen-bond acceptors (Lipinski definition) is 5. The quantitative estimate of drug-likeness (QED) is 0.301. The van der Waals surface area contributed by atoms with E-state index in [1.807, 2.05) is 6.07 Å². The standard InChI is InChI=1S/C24H20Cl2F2N8O/c1-13-22-17(23(27)28)6-20(15-7-29-34(2)10-15)32-24(22)36(33-13)12-21(37)31-16-8-30-35(11-16)9-14-3-4-18(25)19(26)5-14/h3-8,10-11,23H,9,12H2,1-2H3,(H,31,37).